The zero-order valence-corrected chi connectivity index (χ0v) is 13.9. The molecule has 0 saturated carbocycles. The number of aliphatic imine (C=N–C) groups is 1. The third kappa shape index (κ3) is 3.51. The minimum atomic E-state index is -0.467. The molecule has 3 rings (SSSR count). The van der Waals surface area contributed by atoms with Crippen molar-refractivity contribution in [1.29, 1.82) is 0 Å². The fraction of sp³-hybridized carbons (Fsp3) is 0.278. The van der Waals surface area contributed by atoms with Crippen LogP contribution in [-0.2, 0) is 6.54 Å². The van der Waals surface area contributed by atoms with Crippen molar-refractivity contribution >= 4 is 17.4 Å². The van der Waals surface area contributed by atoms with Crippen LogP contribution in [0, 0.1) is 11.6 Å². The van der Waals surface area contributed by atoms with Gasteiger partial charge in [0.1, 0.15) is 5.82 Å². The summed E-state index contributed by atoms with van der Waals surface area (Å²) in [5.41, 5.74) is 1.85. The molecule has 0 bridgehead atoms. The summed E-state index contributed by atoms with van der Waals surface area (Å²) in [7, 11) is 1.41. The summed E-state index contributed by atoms with van der Waals surface area (Å²) in [5.74, 6) is -0.599. The molecule has 0 aromatic heterocycles. The molecule has 24 heavy (non-hydrogen) atoms. The Morgan fingerprint density at radius 1 is 1.17 bits per heavy atom. The van der Waals surface area contributed by atoms with Crippen LogP contribution in [0.1, 0.15) is 5.56 Å². The SMILES string of the molecule is COc1ccc(-c2ccc(CN3CC(N=C=S)C3)c(F)c2)cc1F. The van der Waals surface area contributed by atoms with Crippen molar-refractivity contribution in [1.82, 2.24) is 4.90 Å². The average Bonchev–Trinajstić information content (AvgIpc) is 2.54. The molecule has 1 heterocycles. The Labute approximate surface area is 144 Å². The van der Waals surface area contributed by atoms with Gasteiger partial charge in [-0.3, -0.25) is 4.90 Å². The third-order valence-electron chi connectivity index (χ3n) is 4.11. The van der Waals surface area contributed by atoms with Gasteiger partial charge in [-0.2, -0.15) is 0 Å². The Kier molecular flexibility index (Phi) is 5.00. The van der Waals surface area contributed by atoms with E-state index in [0.717, 1.165) is 13.1 Å². The van der Waals surface area contributed by atoms with Gasteiger partial charge in [0.25, 0.3) is 0 Å². The van der Waals surface area contributed by atoms with Gasteiger partial charge in [0.15, 0.2) is 11.6 Å². The molecule has 2 aromatic carbocycles. The Morgan fingerprint density at radius 2 is 1.83 bits per heavy atom. The maximum atomic E-state index is 14.4. The summed E-state index contributed by atoms with van der Waals surface area (Å²) >= 11 is 4.57. The van der Waals surface area contributed by atoms with E-state index in [4.69, 9.17) is 4.74 Å². The van der Waals surface area contributed by atoms with Crippen molar-refractivity contribution in [2.24, 2.45) is 4.99 Å². The van der Waals surface area contributed by atoms with E-state index in [1.807, 2.05) is 0 Å². The van der Waals surface area contributed by atoms with Gasteiger partial charge in [0.2, 0.25) is 0 Å². The van der Waals surface area contributed by atoms with Crippen molar-refractivity contribution in [2.75, 3.05) is 20.2 Å². The highest BCUT2D eigenvalue weighted by Gasteiger charge is 2.26. The number of rotatable bonds is 5. The summed E-state index contributed by atoms with van der Waals surface area (Å²) in [6.07, 6.45) is 0. The standard InChI is InChI=1S/C18H16F2N2OS/c1-23-18-5-4-13(7-17(18)20)12-2-3-14(16(19)6-12)8-22-9-15(10-22)21-11-24/h2-7,15H,8-10H2,1H3. The van der Waals surface area contributed by atoms with Gasteiger partial charge in [0, 0.05) is 25.2 Å². The second kappa shape index (κ2) is 7.18. The highest BCUT2D eigenvalue weighted by molar-refractivity contribution is 7.78. The monoisotopic (exact) mass is 346 g/mol. The Balaban J connectivity index is 1.73. The van der Waals surface area contributed by atoms with Crippen LogP contribution in [0.3, 0.4) is 0 Å². The van der Waals surface area contributed by atoms with Crippen molar-refractivity contribution in [3.63, 3.8) is 0 Å². The molecule has 1 aliphatic heterocycles. The van der Waals surface area contributed by atoms with E-state index in [2.05, 4.69) is 27.3 Å². The van der Waals surface area contributed by atoms with Gasteiger partial charge in [-0.05, 0) is 41.5 Å². The molecule has 0 spiro atoms. The summed E-state index contributed by atoms with van der Waals surface area (Å²) in [6, 6.07) is 9.73. The Bertz CT molecular complexity index is 800. The molecule has 0 aliphatic carbocycles. The second-order valence-corrected chi connectivity index (χ2v) is 5.91. The van der Waals surface area contributed by atoms with Crippen molar-refractivity contribution in [2.45, 2.75) is 12.6 Å². The molecule has 0 unspecified atom stereocenters. The first-order chi connectivity index (χ1) is 11.6. The smallest absolute Gasteiger partial charge is 0.165 e. The number of hydrogen-bond acceptors (Lipinski definition) is 4. The number of hydrogen-bond donors (Lipinski definition) is 0. The minimum absolute atomic E-state index is 0.169. The topological polar surface area (TPSA) is 24.8 Å². The molecule has 0 N–H and O–H groups in total. The number of nitrogens with zero attached hydrogens (tertiary/aromatic N) is 2. The maximum Gasteiger partial charge on any atom is 0.165 e. The zero-order chi connectivity index (χ0) is 17.1. The van der Waals surface area contributed by atoms with Crippen LogP contribution in [0.2, 0.25) is 0 Å². The quantitative estimate of drug-likeness (QED) is 0.606. The summed E-state index contributed by atoms with van der Waals surface area (Å²) in [6.45, 7) is 2.04. The number of methoxy groups -OCH3 is 1. The fourth-order valence-corrected chi connectivity index (χ4v) is 2.92. The van der Waals surface area contributed by atoms with Gasteiger partial charge in [-0.25, -0.2) is 13.8 Å². The summed E-state index contributed by atoms with van der Waals surface area (Å²) in [5, 5.41) is 2.37. The minimum Gasteiger partial charge on any atom is -0.494 e. The lowest BCUT2D eigenvalue weighted by molar-refractivity contribution is 0.142. The highest BCUT2D eigenvalue weighted by atomic mass is 32.1. The molecule has 0 atom stereocenters. The van der Waals surface area contributed by atoms with E-state index in [1.165, 1.54) is 25.3 Å². The number of isothiocyanates is 1. The molecular formula is C18H16F2N2OS. The van der Waals surface area contributed by atoms with Crippen LogP contribution in [0.15, 0.2) is 41.4 Å². The van der Waals surface area contributed by atoms with Crippen LogP contribution < -0.4 is 4.74 Å². The predicted molar refractivity (Wildman–Crippen MR) is 92.4 cm³/mol. The van der Waals surface area contributed by atoms with E-state index in [-0.39, 0.29) is 17.6 Å². The largest absolute Gasteiger partial charge is 0.494 e. The summed E-state index contributed by atoms with van der Waals surface area (Å²) in [4.78, 5) is 6.09. The molecule has 6 heteroatoms. The number of halogens is 2. The number of ether oxygens (including phenoxy) is 1. The van der Waals surface area contributed by atoms with Crippen molar-refractivity contribution < 1.29 is 13.5 Å². The first-order valence-electron chi connectivity index (χ1n) is 7.52. The van der Waals surface area contributed by atoms with Crippen LogP contribution in [0.25, 0.3) is 11.1 Å². The molecule has 1 aliphatic rings. The van der Waals surface area contributed by atoms with E-state index in [1.54, 1.807) is 18.2 Å². The fourth-order valence-electron chi connectivity index (χ4n) is 2.77. The van der Waals surface area contributed by atoms with Crippen molar-refractivity contribution in [3.05, 3.63) is 53.6 Å². The number of likely N-dealkylation sites (tertiary alicyclic amines) is 1. The first kappa shape index (κ1) is 16.7. The molecule has 1 saturated heterocycles. The van der Waals surface area contributed by atoms with Gasteiger partial charge < -0.3 is 4.74 Å². The van der Waals surface area contributed by atoms with Gasteiger partial charge >= 0.3 is 0 Å². The molecule has 3 nitrogen and oxygen atoms in total. The van der Waals surface area contributed by atoms with Gasteiger partial charge in [-0.15, -0.1) is 0 Å². The lowest BCUT2D eigenvalue weighted by Gasteiger charge is -2.36. The molecule has 0 radical (unpaired) electrons. The normalized spacial score (nSPS) is 14.8. The summed E-state index contributed by atoms with van der Waals surface area (Å²) < 4.78 is 33.0. The van der Waals surface area contributed by atoms with Gasteiger partial charge in [-0.1, -0.05) is 18.2 Å². The zero-order valence-electron chi connectivity index (χ0n) is 13.1. The first-order valence-corrected chi connectivity index (χ1v) is 7.93. The lowest BCUT2D eigenvalue weighted by Crippen LogP contribution is -2.49. The molecule has 2 aromatic rings. The van der Waals surface area contributed by atoms with Crippen LogP contribution >= 0.6 is 12.2 Å². The number of benzene rings is 2. The molecule has 124 valence electrons. The predicted octanol–water partition coefficient (Wildman–Crippen LogP) is 3.93. The maximum absolute atomic E-state index is 14.4. The van der Waals surface area contributed by atoms with Gasteiger partial charge in [0.05, 0.1) is 18.3 Å². The van der Waals surface area contributed by atoms with Crippen LogP contribution in [0.5, 0.6) is 5.75 Å². The molecule has 0 amide bonds. The highest BCUT2D eigenvalue weighted by Crippen LogP contribution is 2.27. The Hall–Kier alpha value is -2.14. The third-order valence-corrected chi connectivity index (χ3v) is 4.21. The van der Waals surface area contributed by atoms with Crippen molar-refractivity contribution in [3.8, 4) is 16.9 Å². The lowest BCUT2D eigenvalue weighted by atomic mass is 10.0. The van der Waals surface area contributed by atoms with E-state index in [9.17, 15) is 8.78 Å². The average molecular weight is 346 g/mol. The van der Waals surface area contributed by atoms with Crippen LogP contribution in [0.4, 0.5) is 8.78 Å². The second-order valence-electron chi connectivity index (χ2n) is 5.72. The number of thiocarbonyl (C=S) groups is 1. The van der Waals surface area contributed by atoms with E-state index < -0.39 is 5.82 Å². The Morgan fingerprint density at radius 3 is 2.42 bits per heavy atom. The van der Waals surface area contributed by atoms with E-state index in [0.29, 0.717) is 23.2 Å². The molecular weight excluding hydrogens is 330 g/mol. The van der Waals surface area contributed by atoms with E-state index >= 15 is 0 Å². The molecule has 1 fully saturated rings. The van der Waals surface area contributed by atoms with Crippen LogP contribution in [-0.4, -0.2) is 36.3 Å².